The predicted molar refractivity (Wildman–Crippen MR) is 27.7 cm³/mol. The van der Waals surface area contributed by atoms with Crippen molar-refractivity contribution in [3.8, 4) is 6.07 Å². The maximum Gasteiger partial charge on any atom is 0.144 e. The highest BCUT2D eigenvalue weighted by Crippen LogP contribution is 1.99. The van der Waals surface area contributed by atoms with Gasteiger partial charge in [0, 0.05) is 6.20 Å². The number of hydrogen-bond acceptors (Lipinski definition) is 2. The van der Waals surface area contributed by atoms with Crippen LogP contribution in [0.15, 0.2) is 12.3 Å². The molecular weight excluding hydrogens is 119 g/mol. The zero-order valence-electron chi connectivity index (χ0n) is 4.43. The Morgan fingerprint density at radius 2 is 2.56 bits per heavy atom. The number of halogens is 1. The molecule has 0 saturated carbocycles. The van der Waals surface area contributed by atoms with Crippen LogP contribution in [0.25, 0.3) is 0 Å². The quantitative estimate of drug-likeness (QED) is 0.511. The third-order valence-corrected chi connectivity index (χ3v) is 0.822. The molecule has 1 aromatic heterocycles. The molecule has 0 unspecified atom stereocenters. The van der Waals surface area contributed by atoms with Gasteiger partial charge in [-0.25, -0.2) is 4.39 Å². The van der Waals surface area contributed by atoms with Crippen LogP contribution < -0.4 is 0 Å². The molecule has 0 N–H and O–H groups in total. The van der Waals surface area contributed by atoms with Crippen LogP contribution in [-0.4, -0.2) is 4.98 Å². The van der Waals surface area contributed by atoms with Crippen molar-refractivity contribution in [3.63, 3.8) is 0 Å². The second-order valence-corrected chi connectivity index (χ2v) is 1.39. The van der Waals surface area contributed by atoms with E-state index in [9.17, 15) is 4.39 Å². The number of nitriles is 1. The maximum atomic E-state index is 12.3. The lowest BCUT2D eigenvalue weighted by Crippen LogP contribution is -1.83. The summed E-state index contributed by atoms with van der Waals surface area (Å²) >= 11 is 0. The zero-order chi connectivity index (χ0) is 6.69. The van der Waals surface area contributed by atoms with Crippen LogP contribution in [0.2, 0.25) is 0 Å². The molecule has 0 aliphatic heterocycles. The molecule has 1 rings (SSSR count). The zero-order valence-corrected chi connectivity index (χ0v) is 4.43. The second kappa shape index (κ2) is 2.23. The molecule has 0 atom stereocenters. The van der Waals surface area contributed by atoms with Crippen molar-refractivity contribution in [1.29, 1.82) is 5.26 Å². The summed E-state index contributed by atoms with van der Waals surface area (Å²) in [6, 6.07) is 2.72. The van der Waals surface area contributed by atoms with Gasteiger partial charge in [0.2, 0.25) is 0 Å². The van der Waals surface area contributed by atoms with E-state index in [0.717, 1.165) is 6.07 Å². The van der Waals surface area contributed by atoms with Crippen LogP contribution in [0, 0.1) is 23.3 Å². The highest BCUT2D eigenvalue weighted by atomic mass is 19.1. The molecular formula is C6H2FN2. The van der Waals surface area contributed by atoms with Gasteiger partial charge in [-0.05, 0) is 6.07 Å². The van der Waals surface area contributed by atoms with Gasteiger partial charge in [-0.1, -0.05) is 0 Å². The van der Waals surface area contributed by atoms with Gasteiger partial charge >= 0.3 is 0 Å². The molecule has 0 aliphatic rings. The molecule has 1 radical (unpaired) electrons. The van der Waals surface area contributed by atoms with Gasteiger partial charge in [-0.3, -0.25) is 4.98 Å². The van der Waals surface area contributed by atoms with Crippen LogP contribution in [0.4, 0.5) is 4.39 Å². The van der Waals surface area contributed by atoms with Crippen LogP contribution in [0.3, 0.4) is 0 Å². The Morgan fingerprint density at radius 1 is 1.78 bits per heavy atom. The van der Waals surface area contributed by atoms with Gasteiger partial charge in [0.25, 0.3) is 0 Å². The SMILES string of the molecule is N#Cc1[c]nccc1F. The first-order valence-electron chi connectivity index (χ1n) is 2.27. The molecule has 0 fully saturated rings. The van der Waals surface area contributed by atoms with Gasteiger partial charge in [0.05, 0.1) is 0 Å². The fraction of sp³-hybridized carbons (Fsp3) is 0. The van der Waals surface area contributed by atoms with Crippen LogP contribution in [0.5, 0.6) is 0 Å². The number of rotatable bonds is 0. The largest absolute Gasteiger partial charge is 0.253 e. The minimum atomic E-state index is -0.576. The molecule has 0 saturated heterocycles. The summed E-state index contributed by atoms with van der Waals surface area (Å²) in [5.74, 6) is -0.576. The van der Waals surface area contributed by atoms with E-state index < -0.39 is 5.82 Å². The summed E-state index contributed by atoms with van der Waals surface area (Å²) in [6.45, 7) is 0. The van der Waals surface area contributed by atoms with Gasteiger partial charge in [-0.2, -0.15) is 5.26 Å². The fourth-order valence-electron chi connectivity index (χ4n) is 0.420. The third kappa shape index (κ3) is 1.03. The summed E-state index contributed by atoms with van der Waals surface area (Å²) in [5, 5.41) is 8.16. The van der Waals surface area contributed by atoms with Gasteiger partial charge < -0.3 is 0 Å². The lowest BCUT2D eigenvalue weighted by Gasteiger charge is -1.85. The molecule has 9 heavy (non-hydrogen) atoms. The van der Waals surface area contributed by atoms with E-state index in [1.54, 1.807) is 6.07 Å². The first-order chi connectivity index (χ1) is 4.34. The maximum absolute atomic E-state index is 12.3. The van der Waals surface area contributed by atoms with E-state index >= 15 is 0 Å². The van der Waals surface area contributed by atoms with Gasteiger partial charge in [0.15, 0.2) is 0 Å². The summed E-state index contributed by atoms with van der Waals surface area (Å²) in [5.41, 5.74) is -0.141. The van der Waals surface area contributed by atoms with E-state index in [1.807, 2.05) is 0 Å². The Morgan fingerprint density at radius 3 is 3.00 bits per heavy atom. The second-order valence-electron chi connectivity index (χ2n) is 1.39. The minimum absolute atomic E-state index is 0.141. The highest BCUT2D eigenvalue weighted by molar-refractivity contribution is 5.24. The Bertz CT molecular complexity index is 251. The minimum Gasteiger partial charge on any atom is -0.253 e. The molecule has 3 heteroatoms. The van der Waals surface area contributed by atoms with Gasteiger partial charge in [0.1, 0.15) is 23.6 Å². The van der Waals surface area contributed by atoms with E-state index in [4.69, 9.17) is 5.26 Å². The van der Waals surface area contributed by atoms with Crippen molar-refractivity contribution in [2.24, 2.45) is 0 Å². The standard InChI is InChI=1S/C6H2FN2/c7-6-1-2-9-4-5(6)3-8/h1-2H. The summed E-state index contributed by atoms with van der Waals surface area (Å²) < 4.78 is 12.3. The summed E-state index contributed by atoms with van der Waals surface area (Å²) in [4.78, 5) is 3.43. The monoisotopic (exact) mass is 121 g/mol. The van der Waals surface area contributed by atoms with E-state index in [0.29, 0.717) is 0 Å². The third-order valence-electron chi connectivity index (χ3n) is 0.822. The lowest BCUT2D eigenvalue weighted by atomic mass is 10.3. The highest BCUT2D eigenvalue weighted by Gasteiger charge is 1.96. The molecule has 43 valence electrons. The molecule has 0 spiro atoms. The van der Waals surface area contributed by atoms with Crippen molar-refractivity contribution in [2.45, 2.75) is 0 Å². The van der Waals surface area contributed by atoms with Crippen molar-refractivity contribution in [2.75, 3.05) is 0 Å². The van der Waals surface area contributed by atoms with Crippen molar-refractivity contribution < 1.29 is 4.39 Å². The van der Waals surface area contributed by atoms with Crippen molar-refractivity contribution >= 4 is 0 Å². The van der Waals surface area contributed by atoms with Crippen molar-refractivity contribution in [3.05, 3.63) is 29.8 Å². The van der Waals surface area contributed by atoms with Gasteiger partial charge in [-0.15, -0.1) is 0 Å². The normalized spacial score (nSPS) is 8.44. The molecule has 0 bridgehead atoms. The number of nitrogens with zero attached hydrogens (tertiary/aromatic N) is 2. The Balaban J connectivity index is 3.20. The first-order valence-corrected chi connectivity index (χ1v) is 2.27. The average Bonchev–Trinajstić information content (AvgIpc) is 1.89. The smallest absolute Gasteiger partial charge is 0.144 e. The number of aromatic nitrogens is 1. The topological polar surface area (TPSA) is 36.7 Å². The Hall–Kier alpha value is -1.43. The summed E-state index contributed by atoms with van der Waals surface area (Å²) in [7, 11) is 0. The van der Waals surface area contributed by atoms with Crippen LogP contribution >= 0.6 is 0 Å². The van der Waals surface area contributed by atoms with E-state index in [2.05, 4.69) is 11.2 Å². The first kappa shape index (κ1) is 5.70. The molecule has 0 aliphatic carbocycles. The number of pyridine rings is 1. The van der Waals surface area contributed by atoms with E-state index in [1.165, 1.54) is 6.20 Å². The molecule has 0 amide bonds. The molecule has 1 aromatic rings. The average molecular weight is 121 g/mol. The summed E-state index contributed by atoms with van der Waals surface area (Å²) in [6.07, 6.45) is 3.45. The lowest BCUT2D eigenvalue weighted by molar-refractivity contribution is 0.621. The molecule has 1 heterocycles. The van der Waals surface area contributed by atoms with E-state index in [-0.39, 0.29) is 5.56 Å². The molecule has 2 nitrogen and oxygen atoms in total. The van der Waals surface area contributed by atoms with Crippen LogP contribution in [-0.2, 0) is 0 Å². The predicted octanol–water partition coefficient (Wildman–Crippen LogP) is 0.893. The Kier molecular flexibility index (Phi) is 1.41. The molecule has 0 aromatic carbocycles. The number of hydrogen-bond donors (Lipinski definition) is 0. The Labute approximate surface area is 51.6 Å². The van der Waals surface area contributed by atoms with Crippen molar-refractivity contribution in [1.82, 2.24) is 4.98 Å². The fourth-order valence-corrected chi connectivity index (χ4v) is 0.420. The van der Waals surface area contributed by atoms with Crippen LogP contribution in [0.1, 0.15) is 5.56 Å².